The molecule has 0 atom stereocenters. The first-order valence-electron chi connectivity index (χ1n) is 1.11. The van der Waals surface area contributed by atoms with Crippen molar-refractivity contribution in [2.45, 2.75) is 3.74 Å². The van der Waals surface area contributed by atoms with Gasteiger partial charge < -0.3 is 0 Å². The number of hydrogen-bond acceptors (Lipinski definition) is 0. The highest BCUT2D eigenvalue weighted by atomic mass is 79.9. The van der Waals surface area contributed by atoms with E-state index < -0.39 is 0 Å². The van der Waals surface area contributed by atoms with E-state index in [2.05, 4.69) is 31.9 Å². The van der Waals surface area contributed by atoms with Gasteiger partial charge in [-0.05, 0) is 0 Å². The third-order valence-electron chi connectivity index (χ3n) is 0.117. The molecular formula is C2H3Br2F. The molecule has 0 aromatic carbocycles. The Bertz CT molecular complexity index is 21.6. The van der Waals surface area contributed by atoms with Crippen LogP contribution in [0.25, 0.3) is 0 Å². The second-order valence-corrected chi connectivity index (χ2v) is 3.98. The Kier molecular flexibility index (Phi) is 3.65. The summed E-state index contributed by atoms with van der Waals surface area (Å²) in [4.78, 5) is 0. The molecule has 0 unspecified atom stereocenters. The highest BCUT2D eigenvalue weighted by Gasteiger charge is 1.89. The molecule has 0 amide bonds. The Morgan fingerprint density at radius 1 is 1.60 bits per heavy atom. The van der Waals surface area contributed by atoms with Crippen molar-refractivity contribution >= 4 is 31.9 Å². The van der Waals surface area contributed by atoms with Gasteiger partial charge in [0.1, 0.15) is 6.67 Å². The normalized spacial score (nSPS) is 9.60. The highest BCUT2D eigenvalue weighted by molar-refractivity contribution is 9.24. The van der Waals surface area contributed by atoms with Crippen molar-refractivity contribution in [3.05, 3.63) is 0 Å². The van der Waals surface area contributed by atoms with Crippen LogP contribution in [0.4, 0.5) is 4.39 Å². The summed E-state index contributed by atoms with van der Waals surface area (Å²) in [7, 11) is 0. The SMILES string of the molecule is FCC(Br)Br. The molecule has 5 heavy (non-hydrogen) atoms. The van der Waals surface area contributed by atoms with Gasteiger partial charge in [-0.15, -0.1) is 0 Å². The average Bonchev–Trinajstić information content (AvgIpc) is 1.38. The molecule has 0 aliphatic heterocycles. The summed E-state index contributed by atoms with van der Waals surface area (Å²) in [5, 5.41) is 0. The van der Waals surface area contributed by atoms with E-state index in [4.69, 9.17) is 0 Å². The van der Waals surface area contributed by atoms with Crippen LogP contribution in [0.15, 0.2) is 0 Å². The molecule has 0 fully saturated rings. The lowest BCUT2D eigenvalue weighted by atomic mass is 10.9. The van der Waals surface area contributed by atoms with Crippen LogP contribution in [0, 0.1) is 0 Å². The molecule has 0 saturated heterocycles. The Hall–Kier alpha value is 0.890. The molecule has 0 aliphatic carbocycles. The number of rotatable bonds is 1. The number of hydrogen-bond donors (Lipinski definition) is 0. The predicted molar refractivity (Wildman–Crippen MR) is 27.6 cm³/mol. The second kappa shape index (κ2) is 3.09. The molecule has 0 N–H and O–H groups in total. The summed E-state index contributed by atoms with van der Waals surface area (Å²) >= 11 is 5.83. The summed E-state index contributed by atoms with van der Waals surface area (Å²) in [6.07, 6.45) is 0. The first-order valence-corrected chi connectivity index (χ1v) is 2.94. The quantitative estimate of drug-likeness (QED) is 0.576. The lowest BCUT2D eigenvalue weighted by Crippen LogP contribution is -1.81. The summed E-state index contributed by atoms with van der Waals surface area (Å²) in [6.45, 7) is -0.361. The van der Waals surface area contributed by atoms with Crippen LogP contribution in [0.1, 0.15) is 0 Å². The minimum atomic E-state index is -0.361. The first-order chi connectivity index (χ1) is 2.27. The molecule has 0 radical (unpaired) electrons. The topological polar surface area (TPSA) is 0 Å². The van der Waals surface area contributed by atoms with Gasteiger partial charge in [-0.2, -0.15) is 0 Å². The Morgan fingerprint density at radius 2 is 1.80 bits per heavy atom. The zero-order valence-electron chi connectivity index (χ0n) is 2.42. The van der Waals surface area contributed by atoms with Gasteiger partial charge in [0, 0.05) is 0 Å². The van der Waals surface area contributed by atoms with Gasteiger partial charge >= 0.3 is 0 Å². The number of halogens is 3. The largest absolute Gasteiger partial charge is 0.249 e. The van der Waals surface area contributed by atoms with E-state index in [1.54, 1.807) is 0 Å². The maximum Gasteiger partial charge on any atom is 0.112 e. The van der Waals surface area contributed by atoms with E-state index in [-0.39, 0.29) is 10.4 Å². The van der Waals surface area contributed by atoms with Crippen LogP contribution < -0.4 is 0 Å². The van der Waals surface area contributed by atoms with Crippen molar-refractivity contribution in [3.63, 3.8) is 0 Å². The smallest absolute Gasteiger partial charge is 0.112 e. The molecule has 0 saturated carbocycles. The first kappa shape index (κ1) is 5.89. The van der Waals surface area contributed by atoms with Gasteiger partial charge in [0.2, 0.25) is 0 Å². The van der Waals surface area contributed by atoms with Gasteiger partial charge in [-0.25, -0.2) is 4.39 Å². The molecule has 32 valence electrons. The van der Waals surface area contributed by atoms with E-state index in [1.165, 1.54) is 0 Å². The van der Waals surface area contributed by atoms with Gasteiger partial charge in [-0.3, -0.25) is 0 Å². The zero-order chi connectivity index (χ0) is 4.28. The minimum absolute atomic E-state index is 0.157. The summed E-state index contributed by atoms with van der Waals surface area (Å²) in [5.41, 5.74) is 0. The van der Waals surface area contributed by atoms with Crippen molar-refractivity contribution in [1.29, 1.82) is 0 Å². The second-order valence-electron chi connectivity index (χ2n) is 0.545. The van der Waals surface area contributed by atoms with Crippen LogP contribution >= 0.6 is 31.9 Å². The van der Waals surface area contributed by atoms with Crippen LogP contribution in [0.5, 0.6) is 0 Å². The van der Waals surface area contributed by atoms with Crippen LogP contribution in [-0.4, -0.2) is 10.4 Å². The average molecular weight is 206 g/mol. The monoisotopic (exact) mass is 204 g/mol. The van der Waals surface area contributed by atoms with Crippen molar-refractivity contribution in [1.82, 2.24) is 0 Å². The van der Waals surface area contributed by atoms with Crippen molar-refractivity contribution in [3.8, 4) is 0 Å². The van der Waals surface area contributed by atoms with E-state index in [0.29, 0.717) is 0 Å². The zero-order valence-corrected chi connectivity index (χ0v) is 5.59. The third-order valence-corrected chi connectivity index (χ3v) is 0.606. The Morgan fingerprint density at radius 3 is 1.80 bits per heavy atom. The third kappa shape index (κ3) is 4.89. The van der Waals surface area contributed by atoms with Gasteiger partial charge in [-0.1, -0.05) is 31.9 Å². The molecule has 0 rings (SSSR count). The molecule has 0 aromatic rings. The van der Waals surface area contributed by atoms with E-state index in [1.807, 2.05) is 0 Å². The van der Waals surface area contributed by atoms with E-state index in [0.717, 1.165) is 0 Å². The minimum Gasteiger partial charge on any atom is -0.249 e. The molecule has 0 heterocycles. The molecule has 0 aliphatic rings. The van der Waals surface area contributed by atoms with Crippen molar-refractivity contribution < 1.29 is 4.39 Å². The number of alkyl halides is 3. The fraction of sp³-hybridized carbons (Fsp3) is 1.00. The fourth-order valence-electron chi connectivity index (χ4n) is 0. The predicted octanol–water partition coefficient (Wildman–Crippen LogP) is 2.07. The lowest BCUT2D eigenvalue weighted by Gasteiger charge is -1.82. The molecular weight excluding hydrogens is 203 g/mol. The van der Waals surface area contributed by atoms with Crippen LogP contribution in [0.3, 0.4) is 0 Å². The molecule has 0 aromatic heterocycles. The standard InChI is InChI=1S/C2H3Br2F/c3-2(4)1-5/h2H,1H2. The van der Waals surface area contributed by atoms with Crippen molar-refractivity contribution in [2.75, 3.05) is 6.67 Å². The van der Waals surface area contributed by atoms with Crippen LogP contribution in [-0.2, 0) is 0 Å². The summed E-state index contributed by atoms with van der Waals surface area (Å²) in [5.74, 6) is 0. The molecule has 0 bridgehead atoms. The Labute approximate surface area is 47.0 Å². The highest BCUT2D eigenvalue weighted by Crippen LogP contribution is 2.06. The summed E-state index contributed by atoms with van der Waals surface area (Å²) in [6, 6.07) is 0. The maximum atomic E-state index is 11.0. The van der Waals surface area contributed by atoms with Gasteiger partial charge in [0.05, 0.1) is 3.74 Å². The summed E-state index contributed by atoms with van der Waals surface area (Å²) < 4.78 is 10.9. The molecule has 0 spiro atoms. The lowest BCUT2D eigenvalue weighted by molar-refractivity contribution is 0.526. The van der Waals surface area contributed by atoms with E-state index in [9.17, 15) is 4.39 Å². The Balaban J connectivity index is 2.54. The van der Waals surface area contributed by atoms with Gasteiger partial charge in [0.25, 0.3) is 0 Å². The molecule has 3 heteroatoms. The van der Waals surface area contributed by atoms with E-state index >= 15 is 0 Å². The fourth-order valence-corrected chi connectivity index (χ4v) is 0. The molecule has 0 nitrogen and oxygen atoms in total. The van der Waals surface area contributed by atoms with Crippen molar-refractivity contribution in [2.24, 2.45) is 0 Å². The van der Waals surface area contributed by atoms with Crippen LogP contribution in [0.2, 0.25) is 0 Å². The van der Waals surface area contributed by atoms with Gasteiger partial charge in [0.15, 0.2) is 0 Å². The maximum absolute atomic E-state index is 11.0.